The molecule has 0 amide bonds. The second-order valence-corrected chi connectivity index (χ2v) is 9.49. The molecule has 0 heterocycles. The fourth-order valence-corrected chi connectivity index (χ4v) is 4.03. The Morgan fingerprint density at radius 1 is 0.333 bits per heavy atom. The largest absolute Gasteiger partial charge is 0.329 e. The van der Waals surface area contributed by atoms with E-state index < -0.39 is 0 Å². The van der Waals surface area contributed by atoms with E-state index in [1.165, 1.54) is 109 Å². The van der Waals surface area contributed by atoms with Crippen LogP contribution < -0.4 is 32.3 Å². The molecule has 0 atom stereocenters. The van der Waals surface area contributed by atoms with Crippen molar-refractivity contribution in [2.45, 2.75) is 103 Å². The fraction of sp³-hybridized carbons (Fsp3) is 1.00. The van der Waals surface area contributed by atoms with Crippen molar-refractivity contribution in [1.29, 1.82) is 0 Å². The van der Waals surface area contributed by atoms with Gasteiger partial charge in [0.05, 0.1) is 0 Å². The van der Waals surface area contributed by atoms with Crippen LogP contribution >= 0.6 is 0 Å². The van der Waals surface area contributed by atoms with Gasteiger partial charge in [-0.1, -0.05) is 84.0 Å². The molecule has 0 aliphatic rings. The summed E-state index contributed by atoms with van der Waals surface area (Å²) in [6, 6.07) is 0. The minimum absolute atomic E-state index is 0.727. The zero-order valence-corrected chi connectivity index (χ0v) is 22.5. The standard InChI is InChI=1S/C27H62N6/c1-2-3-4-5-6-8-11-14-19-30-23-26-33-27-24-31-20-16-13-10-7-9-12-15-18-29-22-25-32-21-17-28/h29-33H,2-28H2,1H3. The average molecular weight is 471 g/mol. The van der Waals surface area contributed by atoms with Gasteiger partial charge in [0.15, 0.2) is 0 Å². The van der Waals surface area contributed by atoms with E-state index in [0.717, 1.165) is 58.9 Å². The summed E-state index contributed by atoms with van der Waals surface area (Å²) in [6.45, 7) is 13.9. The highest BCUT2D eigenvalue weighted by atomic mass is 15.0. The molecule has 0 radical (unpaired) electrons. The van der Waals surface area contributed by atoms with Crippen LogP contribution in [-0.2, 0) is 0 Å². The molecule has 33 heavy (non-hydrogen) atoms. The highest BCUT2D eigenvalue weighted by Gasteiger charge is 1.95. The molecule has 0 saturated heterocycles. The Morgan fingerprint density at radius 3 is 0.939 bits per heavy atom. The highest BCUT2D eigenvalue weighted by molar-refractivity contribution is 4.57. The first-order valence-corrected chi connectivity index (χ1v) is 14.7. The fourth-order valence-electron chi connectivity index (χ4n) is 4.03. The third-order valence-corrected chi connectivity index (χ3v) is 6.17. The molecule has 0 aromatic heterocycles. The lowest BCUT2D eigenvalue weighted by Crippen LogP contribution is -2.33. The van der Waals surface area contributed by atoms with Crippen molar-refractivity contribution in [1.82, 2.24) is 26.6 Å². The van der Waals surface area contributed by atoms with Crippen LogP contribution in [0.4, 0.5) is 0 Å². The second kappa shape index (κ2) is 31.8. The number of hydrogen-bond acceptors (Lipinski definition) is 6. The van der Waals surface area contributed by atoms with Crippen LogP contribution in [0.1, 0.15) is 103 Å². The van der Waals surface area contributed by atoms with Crippen molar-refractivity contribution < 1.29 is 0 Å². The summed E-state index contributed by atoms with van der Waals surface area (Å²) < 4.78 is 0. The molecule has 6 heteroatoms. The number of rotatable bonds is 30. The van der Waals surface area contributed by atoms with E-state index >= 15 is 0 Å². The molecule has 0 unspecified atom stereocenters. The average Bonchev–Trinajstić information content (AvgIpc) is 2.83. The summed E-state index contributed by atoms with van der Waals surface area (Å²) in [4.78, 5) is 0. The van der Waals surface area contributed by atoms with Gasteiger partial charge >= 0.3 is 0 Å². The maximum atomic E-state index is 5.45. The summed E-state index contributed by atoms with van der Waals surface area (Å²) in [6.07, 6.45) is 20.7. The van der Waals surface area contributed by atoms with Crippen LogP contribution in [0.2, 0.25) is 0 Å². The predicted octanol–water partition coefficient (Wildman–Crippen LogP) is 3.76. The maximum absolute atomic E-state index is 5.45. The summed E-state index contributed by atoms with van der Waals surface area (Å²) in [5, 5.41) is 17.5. The lowest BCUT2D eigenvalue weighted by Gasteiger charge is -2.08. The second-order valence-electron chi connectivity index (χ2n) is 9.49. The minimum Gasteiger partial charge on any atom is -0.329 e. The summed E-state index contributed by atoms with van der Waals surface area (Å²) in [7, 11) is 0. The number of unbranched alkanes of at least 4 members (excludes halogenated alkanes) is 13. The molecule has 0 saturated carbocycles. The van der Waals surface area contributed by atoms with Crippen molar-refractivity contribution in [2.75, 3.05) is 72.0 Å². The van der Waals surface area contributed by atoms with E-state index in [9.17, 15) is 0 Å². The van der Waals surface area contributed by atoms with Crippen LogP contribution in [0.3, 0.4) is 0 Å². The van der Waals surface area contributed by atoms with E-state index in [4.69, 9.17) is 5.73 Å². The molecule has 0 aliphatic carbocycles. The molecule has 0 spiro atoms. The lowest BCUT2D eigenvalue weighted by atomic mass is 10.1. The third kappa shape index (κ3) is 31.8. The smallest absolute Gasteiger partial charge is 0.00772 e. The number of nitrogens with two attached hydrogens (primary N) is 1. The monoisotopic (exact) mass is 471 g/mol. The highest BCUT2D eigenvalue weighted by Crippen LogP contribution is 2.08. The number of hydrogen-bond donors (Lipinski definition) is 6. The van der Waals surface area contributed by atoms with Gasteiger partial charge in [-0.3, -0.25) is 0 Å². The zero-order valence-electron chi connectivity index (χ0n) is 22.5. The van der Waals surface area contributed by atoms with Crippen LogP contribution in [0.15, 0.2) is 0 Å². The minimum atomic E-state index is 0.727. The van der Waals surface area contributed by atoms with Gasteiger partial charge in [0.25, 0.3) is 0 Å². The van der Waals surface area contributed by atoms with Crippen molar-refractivity contribution in [3.05, 3.63) is 0 Å². The predicted molar refractivity (Wildman–Crippen MR) is 148 cm³/mol. The SMILES string of the molecule is CCCCCCCCCCNCCNCCNCCCCCCCCCNCCNCCN. The topological polar surface area (TPSA) is 86.2 Å². The van der Waals surface area contributed by atoms with Crippen molar-refractivity contribution in [3.63, 3.8) is 0 Å². The van der Waals surface area contributed by atoms with Gasteiger partial charge < -0.3 is 32.3 Å². The van der Waals surface area contributed by atoms with E-state index in [1.807, 2.05) is 0 Å². The van der Waals surface area contributed by atoms with Crippen molar-refractivity contribution in [3.8, 4) is 0 Å². The molecule has 0 fully saturated rings. The first-order valence-electron chi connectivity index (χ1n) is 14.7. The number of nitrogens with one attached hydrogen (secondary N) is 5. The molecule has 0 bridgehead atoms. The molecule has 200 valence electrons. The van der Waals surface area contributed by atoms with Crippen LogP contribution in [0.5, 0.6) is 0 Å². The van der Waals surface area contributed by atoms with Gasteiger partial charge in [0.1, 0.15) is 0 Å². The Kier molecular flexibility index (Phi) is 31.5. The zero-order chi connectivity index (χ0) is 23.9. The Morgan fingerprint density at radius 2 is 0.606 bits per heavy atom. The normalized spacial score (nSPS) is 11.5. The molecular formula is C27H62N6. The van der Waals surface area contributed by atoms with Gasteiger partial charge in [0, 0.05) is 52.4 Å². The van der Waals surface area contributed by atoms with E-state index in [-0.39, 0.29) is 0 Å². The summed E-state index contributed by atoms with van der Waals surface area (Å²) >= 11 is 0. The first kappa shape index (κ1) is 32.8. The lowest BCUT2D eigenvalue weighted by molar-refractivity contribution is 0.529. The van der Waals surface area contributed by atoms with E-state index in [1.54, 1.807) is 0 Å². The van der Waals surface area contributed by atoms with E-state index in [2.05, 4.69) is 33.5 Å². The van der Waals surface area contributed by atoms with E-state index in [0.29, 0.717) is 0 Å². The maximum Gasteiger partial charge on any atom is 0.00772 e. The first-order chi connectivity index (χ1) is 16.4. The van der Waals surface area contributed by atoms with Crippen LogP contribution in [0.25, 0.3) is 0 Å². The van der Waals surface area contributed by atoms with Gasteiger partial charge in [-0.15, -0.1) is 0 Å². The quantitative estimate of drug-likeness (QED) is 0.0897. The van der Waals surface area contributed by atoms with Gasteiger partial charge in [-0.2, -0.15) is 0 Å². The Labute approximate surface area is 207 Å². The van der Waals surface area contributed by atoms with Crippen LogP contribution in [-0.4, -0.2) is 72.0 Å². The summed E-state index contributed by atoms with van der Waals surface area (Å²) in [5.41, 5.74) is 5.45. The third-order valence-electron chi connectivity index (χ3n) is 6.17. The molecular weight excluding hydrogens is 408 g/mol. The Balaban J connectivity index is 2.99. The summed E-state index contributed by atoms with van der Waals surface area (Å²) in [5.74, 6) is 0. The van der Waals surface area contributed by atoms with Gasteiger partial charge in [-0.05, 0) is 38.9 Å². The van der Waals surface area contributed by atoms with Crippen molar-refractivity contribution in [2.24, 2.45) is 5.73 Å². The molecule has 6 nitrogen and oxygen atoms in total. The van der Waals surface area contributed by atoms with Gasteiger partial charge in [0.2, 0.25) is 0 Å². The molecule has 0 aromatic rings. The van der Waals surface area contributed by atoms with Crippen LogP contribution in [0, 0.1) is 0 Å². The van der Waals surface area contributed by atoms with Gasteiger partial charge in [-0.25, -0.2) is 0 Å². The Bertz CT molecular complexity index is 300. The van der Waals surface area contributed by atoms with Crippen molar-refractivity contribution >= 4 is 0 Å². The molecule has 0 aromatic carbocycles. The Hall–Kier alpha value is -0.240. The molecule has 0 rings (SSSR count). The molecule has 7 N–H and O–H groups in total. The molecule has 0 aliphatic heterocycles.